The number of halogens is 1. The van der Waals surface area contributed by atoms with Crippen molar-refractivity contribution in [2.45, 2.75) is 19.0 Å². The first-order valence-corrected chi connectivity index (χ1v) is 7.17. The minimum Gasteiger partial charge on any atom is -0.299 e. The molecule has 1 unspecified atom stereocenters. The number of rotatable bonds is 4. The Morgan fingerprint density at radius 3 is 2.64 bits per heavy atom. The summed E-state index contributed by atoms with van der Waals surface area (Å²) in [6.45, 7) is 2.01. The van der Waals surface area contributed by atoms with E-state index in [1.165, 1.54) is 0 Å². The molecule has 2 aromatic carbocycles. The van der Waals surface area contributed by atoms with E-state index in [9.17, 15) is 4.79 Å². The minimum atomic E-state index is -2.02. The van der Waals surface area contributed by atoms with E-state index in [1.54, 1.807) is 36.5 Å². The number of hydrogen-bond donors (Lipinski definition) is 0. The van der Waals surface area contributed by atoms with Crippen LogP contribution in [0.3, 0.4) is 0 Å². The smallest absolute Gasteiger partial charge is 0.194 e. The molecule has 0 N–H and O–H groups in total. The molecule has 110 valence electrons. The molecule has 0 saturated carbocycles. The molecule has 1 heterocycles. The summed E-state index contributed by atoms with van der Waals surface area (Å²) in [5, 5.41) is 1.04. The van der Waals surface area contributed by atoms with Gasteiger partial charge in [0.15, 0.2) is 12.0 Å². The lowest BCUT2D eigenvalue weighted by Crippen LogP contribution is -2.25. The molecular formula is C19H16FNO. The molecule has 0 fully saturated rings. The first kappa shape index (κ1) is 14.4. The molecule has 3 aromatic rings. The zero-order valence-corrected chi connectivity index (χ0v) is 12.3. The normalized spacial score (nSPS) is 13.7. The van der Waals surface area contributed by atoms with Crippen LogP contribution in [0.15, 0.2) is 60.8 Å². The summed E-state index contributed by atoms with van der Waals surface area (Å²) in [5.41, 5.74) is 1.06. The molecule has 2 nitrogen and oxygen atoms in total. The van der Waals surface area contributed by atoms with E-state index < -0.39 is 5.67 Å². The molecule has 22 heavy (non-hydrogen) atoms. The largest absolute Gasteiger partial charge is 0.299 e. The van der Waals surface area contributed by atoms with Crippen LogP contribution in [-0.4, -0.2) is 11.3 Å². The highest BCUT2D eigenvalue weighted by Crippen LogP contribution is 2.29. The summed E-state index contributed by atoms with van der Waals surface area (Å²) >= 11 is 0. The van der Waals surface area contributed by atoms with Crippen molar-refractivity contribution >= 4 is 17.2 Å². The molecule has 3 heteroatoms. The second kappa shape index (κ2) is 5.68. The fourth-order valence-electron chi connectivity index (χ4n) is 2.67. The van der Waals surface area contributed by atoms with Crippen LogP contribution in [-0.2, 0) is 16.9 Å². The number of benzene rings is 2. The van der Waals surface area contributed by atoms with Crippen LogP contribution >= 0.6 is 0 Å². The molecule has 0 saturated heterocycles. The van der Waals surface area contributed by atoms with Gasteiger partial charge in [-0.05, 0) is 35.7 Å². The van der Waals surface area contributed by atoms with Gasteiger partial charge in [0.05, 0.1) is 5.52 Å². The van der Waals surface area contributed by atoms with Gasteiger partial charge in [-0.3, -0.25) is 9.78 Å². The van der Waals surface area contributed by atoms with E-state index in [4.69, 9.17) is 0 Å². The molecule has 1 aromatic heterocycles. The topological polar surface area (TPSA) is 30.0 Å². The number of hydrogen-bond acceptors (Lipinski definition) is 2. The van der Waals surface area contributed by atoms with Crippen molar-refractivity contribution in [1.82, 2.24) is 4.98 Å². The highest BCUT2D eigenvalue weighted by atomic mass is 19.1. The molecule has 0 bridgehead atoms. The highest BCUT2D eigenvalue weighted by molar-refractivity contribution is 5.82. The van der Waals surface area contributed by atoms with Gasteiger partial charge in [-0.15, -0.1) is 0 Å². The Hall–Kier alpha value is -2.55. The summed E-state index contributed by atoms with van der Waals surface area (Å²) in [6, 6.07) is 16.1. The molecule has 1 atom stereocenters. The van der Waals surface area contributed by atoms with Crippen LogP contribution < -0.4 is 0 Å². The third-order valence-corrected chi connectivity index (χ3v) is 3.93. The van der Waals surface area contributed by atoms with E-state index in [0.29, 0.717) is 11.8 Å². The van der Waals surface area contributed by atoms with Crippen LogP contribution in [0.1, 0.15) is 16.7 Å². The maximum Gasteiger partial charge on any atom is 0.194 e. The van der Waals surface area contributed by atoms with Gasteiger partial charge in [-0.1, -0.05) is 42.5 Å². The number of nitrogens with zero attached hydrogens (tertiary/aromatic N) is 1. The Kier molecular flexibility index (Phi) is 3.72. The molecule has 0 aliphatic carbocycles. The van der Waals surface area contributed by atoms with Crippen LogP contribution in [0.5, 0.6) is 0 Å². The third-order valence-electron chi connectivity index (χ3n) is 3.93. The second-order valence-corrected chi connectivity index (χ2v) is 5.50. The predicted molar refractivity (Wildman–Crippen MR) is 85.5 cm³/mol. The predicted octanol–water partition coefficient (Wildman–Crippen LogP) is 4.15. The Morgan fingerprint density at radius 2 is 1.91 bits per heavy atom. The monoisotopic (exact) mass is 293 g/mol. The summed E-state index contributed by atoms with van der Waals surface area (Å²) in [6.07, 6.45) is 2.13. The van der Waals surface area contributed by atoms with Crippen molar-refractivity contribution in [3.8, 4) is 0 Å². The van der Waals surface area contributed by atoms with Crippen LogP contribution in [0.4, 0.5) is 4.39 Å². The number of carbonyl (C=O) groups excluding carboxylic acids is 1. The van der Waals surface area contributed by atoms with Crippen molar-refractivity contribution in [3.05, 3.63) is 77.5 Å². The Balaban J connectivity index is 1.99. The van der Waals surface area contributed by atoms with Gasteiger partial charge in [0.1, 0.15) is 0 Å². The fourth-order valence-corrected chi connectivity index (χ4v) is 2.67. The van der Waals surface area contributed by atoms with Gasteiger partial charge < -0.3 is 0 Å². The van der Waals surface area contributed by atoms with Crippen LogP contribution in [0.25, 0.3) is 10.9 Å². The van der Waals surface area contributed by atoms with E-state index >= 15 is 4.39 Å². The average Bonchev–Trinajstić information content (AvgIpc) is 2.56. The van der Waals surface area contributed by atoms with Crippen molar-refractivity contribution in [2.75, 3.05) is 0 Å². The lowest BCUT2D eigenvalue weighted by molar-refractivity contribution is -0.118. The molecule has 0 spiro atoms. The summed E-state index contributed by atoms with van der Waals surface area (Å²) in [4.78, 5) is 15.7. The molecule has 0 aliphatic rings. The number of carbonyl (C=O) groups is 1. The number of alkyl halides is 1. The zero-order chi connectivity index (χ0) is 15.6. The van der Waals surface area contributed by atoms with Crippen molar-refractivity contribution in [3.63, 3.8) is 0 Å². The second-order valence-electron chi connectivity index (χ2n) is 5.50. The number of fused-ring (bicyclic) bond motifs is 1. The highest BCUT2D eigenvalue weighted by Gasteiger charge is 2.31. The third kappa shape index (κ3) is 2.62. The lowest BCUT2D eigenvalue weighted by atomic mass is 9.90. The van der Waals surface area contributed by atoms with Crippen molar-refractivity contribution in [1.29, 1.82) is 0 Å². The number of aryl methyl sites for hydroxylation is 1. The van der Waals surface area contributed by atoms with E-state index in [-0.39, 0.29) is 6.42 Å². The van der Waals surface area contributed by atoms with Gasteiger partial charge in [0.25, 0.3) is 0 Å². The average molecular weight is 293 g/mol. The SMILES string of the molecule is Cc1ccnc2cc(CC(F)(C=O)c3ccccc3)ccc12. The Bertz CT molecular complexity index is 816. The van der Waals surface area contributed by atoms with Crippen molar-refractivity contribution in [2.24, 2.45) is 0 Å². The number of pyridine rings is 1. The number of aromatic nitrogens is 1. The van der Waals surface area contributed by atoms with Gasteiger partial charge in [-0.25, -0.2) is 4.39 Å². The molecule has 0 amide bonds. The van der Waals surface area contributed by atoms with Gasteiger partial charge in [0.2, 0.25) is 0 Å². The fraction of sp³-hybridized carbons (Fsp3) is 0.158. The number of aldehydes is 1. The summed E-state index contributed by atoms with van der Waals surface area (Å²) in [7, 11) is 0. The Labute approximate surface area is 128 Å². The quantitative estimate of drug-likeness (QED) is 0.676. The first-order chi connectivity index (χ1) is 10.6. The van der Waals surface area contributed by atoms with E-state index in [1.807, 2.05) is 31.2 Å². The zero-order valence-electron chi connectivity index (χ0n) is 12.3. The maximum absolute atomic E-state index is 15.0. The molecular weight excluding hydrogens is 277 g/mol. The molecule has 3 rings (SSSR count). The van der Waals surface area contributed by atoms with Gasteiger partial charge >= 0.3 is 0 Å². The summed E-state index contributed by atoms with van der Waals surface area (Å²) < 4.78 is 15.0. The van der Waals surface area contributed by atoms with Crippen LogP contribution in [0.2, 0.25) is 0 Å². The lowest BCUT2D eigenvalue weighted by Gasteiger charge is -2.19. The molecule has 0 radical (unpaired) electrons. The van der Waals surface area contributed by atoms with Crippen molar-refractivity contribution < 1.29 is 9.18 Å². The maximum atomic E-state index is 15.0. The summed E-state index contributed by atoms with van der Waals surface area (Å²) in [5.74, 6) is 0. The van der Waals surface area contributed by atoms with Gasteiger partial charge in [-0.2, -0.15) is 0 Å². The first-order valence-electron chi connectivity index (χ1n) is 7.17. The van der Waals surface area contributed by atoms with E-state index in [0.717, 1.165) is 22.0 Å². The van der Waals surface area contributed by atoms with Gasteiger partial charge in [0, 0.05) is 18.0 Å². The van der Waals surface area contributed by atoms with Crippen LogP contribution in [0, 0.1) is 6.92 Å². The standard InChI is InChI=1S/C19H16FNO/c1-14-9-10-21-18-11-15(7-8-17(14)18)12-19(20,13-22)16-5-3-2-4-6-16/h2-11,13H,12H2,1H3. The minimum absolute atomic E-state index is 0.00603. The Morgan fingerprint density at radius 1 is 1.14 bits per heavy atom. The molecule has 0 aliphatic heterocycles. The van der Waals surface area contributed by atoms with E-state index in [2.05, 4.69) is 4.98 Å².